The van der Waals surface area contributed by atoms with Gasteiger partial charge in [0.1, 0.15) is 11.9 Å². The predicted molar refractivity (Wildman–Crippen MR) is 83.1 cm³/mol. The van der Waals surface area contributed by atoms with E-state index in [9.17, 15) is 4.79 Å². The average Bonchev–Trinajstić information content (AvgIpc) is 2.99. The Balaban J connectivity index is 1.68. The van der Waals surface area contributed by atoms with Crippen molar-refractivity contribution in [2.24, 2.45) is 7.05 Å². The molecule has 1 saturated heterocycles. The molecular weight excluding hydrogens is 278 g/mol. The van der Waals surface area contributed by atoms with Crippen LogP contribution in [-0.4, -0.2) is 45.0 Å². The zero-order valence-corrected chi connectivity index (χ0v) is 12.8. The van der Waals surface area contributed by atoms with E-state index in [2.05, 4.69) is 15.3 Å². The molecule has 0 aliphatic carbocycles. The Kier molecular flexibility index (Phi) is 4.48. The second kappa shape index (κ2) is 6.70. The topological polar surface area (TPSA) is 63.1 Å². The van der Waals surface area contributed by atoms with E-state index in [1.54, 1.807) is 18.6 Å². The lowest BCUT2D eigenvalue weighted by atomic mass is 10.1. The third-order valence-corrected chi connectivity index (χ3v) is 4.10. The number of carbonyl (C=O) groups excluding carboxylic acids is 1. The number of amides is 1. The number of nitrogens with one attached hydrogen (secondary N) is 1. The summed E-state index contributed by atoms with van der Waals surface area (Å²) >= 11 is 0. The first-order valence-electron chi connectivity index (χ1n) is 7.62. The molecule has 1 atom stereocenters. The van der Waals surface area contributed by atoms with E-state index in [-0.39, 0.29) is 11.9 Å². The fourth-order valence-electron chi connectivity index (χ4n) is 2.88. The van der Waals surface area contributed by atoms with Crippen molar-refractivity contribution in [1.82, 2.24) is 24.8 Å². The van der Waals surface area contributed by atoms with Crippen LogP contribution in [0.1, 0.15) is 23.9 Å². The molecular formula is C16H21N5O. The quantitative estimate of drug-likeness (QED) is 0.912. The Labute approximate surface area is 130 Å². The van der Waals surface area contributed by atoms with Gasteiger partial charge in [0.15, 0.2) is 0 Å². The molecule has 0 saturated carbocycles. The lowest BCUT2D eigenvalue weighted by Gasteiger charge is -2.35. The largest absolute Gasteiger partial charge is 0.336 e. The maximum absolute atomic E-state index is 12.6. The van der Waals surface area contributed by atoms with E-state index < -0.39 is 0 Å². The van der Waals surface area contributed by atoms with Crippen LogP contribution in [0, 0.1) is 0 Å². The van der Waals surface area contributed by atoms with Crippen LogP contribution in [0.4, 0.5) is 0 Å². The second-order valence-corrected chi connectivity index (χ2v) is 5.56. The van der Waals surface area contributed by atoms with E-state index in [1.807, 2.05) is 34.8 Å². The molecule has 6 heteroatoms. The van der Waals surface area contributed by atoms with Crippen molar-refractivity contribution in [2.45, 2.75) is 18.9 Å². The number of pyridine rings is 1. The number of piperazine rings is 1. The zero-order chi connectivity index (χ0) is 15.4. The van der Waals surface area contributed by atoms with Crippen LogP contribution in [0.15, 0.2) is 36.9 Å². The Bertz CT molecular complexity index is 624. The van der Waals surface area contributed by atoms with Gasteiger partial charge in [-0.1, -0.05) is 0 Å². The summed E-state index contributed by atoms with van der Waals surface area (Å²) in [4.78, 5) is 23.0. The minimum absolute atomic E-state index is 0.0127. The summed E-state index contributed by atoms with van der Waals surface area (Å²) in [6, 6.07) is 3.93. The normalized spacial score (nSPS) is 18.4. The molecule has 116 valence electrons. The highest BCUT2D eigenvalue weighted by atomic mass is 16.2. The summed E-state index contributed by atoms with van der Waals surface area (Å²) in [6.07, 6.45) is 8.50. The maximum atomic E-state index is 12.6. The Morgan fingerprint density at radius 2 is 2.18 bits per heavy atom. The molecule has 1 N–H and O–H groups in total. The fourth-order valence-corrected chi connectivity index (χ4v) is 2.88. The van der Waals surface area contributed by atoms with Crippen molar-refractivity contribution in [3.8, 4) is 0 Å². The molecule has 2 aromatic heterocycles. The summed E-state index contributed by atoms with van der Waals surface area (Å²) in [7, 11) is 1.97. The standard InChI is InChI=1S/C16H21N5O/c1-20-10-9-19-16(20)14-12-18-8-11-21(14)15(22)3-2-13-4-6-17-7-5-13/h4-7,9-10,14,18H,2-3,8,11-12H2,1H3. The van der Waals surface area contributed by atoms with E-state index >= 15 is 0 Å². The van der Waals surface area contributed by atoms with E-state index in [4.69, 9.17) is 0 Å². The highest BCUT2D eigenvalue weighted by molar-refractivity contribution is 5.77. The Morgan fingerprint density at radius 1 is 1.36 bits per heavy atom. The molecule has 1 unspecified atom stereocenters. The van der Waals surface area contributed by atoms with Gasteiger partial charge in [-0.05, 0) is 24.1 Å². The molecule has 0 spiro atoms. The molecule has 0 aromatic carbocycles. The molecule has 1 aliphatic rings. The molecule has 22 heavy (non-hydrogen) atoms. The number of nitrogens with zero attached hydrogens (tertiary/aromatic N) is 4. The Hall–Kier alpha value is -2.21. The van der Waals surface area contributed by atoms with Gasteiger partial charge < -0.3 is 14.8 Å². The molecule has 1 amide bonds. The predicted octanol–water partition coefficient (Wildman–Crippen LogP) is 0.921. The number of rotatable bonds is 4. The number of aryl methyl sites for hydroxylation is 2. The number of hydrogen-bond acceptors (Lipinski definition) is 4. The van der Waals surface area contributed by atoms with Crippen molar-refractivity contribution in [3.63, 3.8) is 0 Å². The lowest BCUT2D eigenvalue weighted by Crippen LogP contribution is -2.49. The van der Waals surface area contributed by atoms with Gasteiger partial charge >= 0.3 is 0 Å². The second-order valence-electron chi connectivity index (χ2n) is 5.56. The first-order valence-corrected chi connectivity index (χ1v) is 7.62. The Morgan fingerprint density at radius 3 is 2.91 bits per heavy atom. The van der Waals surface area contributed by atoms with Crippen molar-refractivity contribution in [3.05, 3.63) is 48.3 Å². The van der Waals surface area contributed by atoms with Crippen LogP contribution in [0.25, 0.3) is 0 Å². The van der Waals surface area contributed by atoms with Crippen LogP contribution < -0.4 is 5.32 Å². The van der Waals surface area contributed by atoms with E-state index in [1.165, 1.54) is 0 Å². The van der Waals surface area contributed by atoms with Gasteiger partial charge in [0, 0.05) is 57.9 Å². The van der Waals surface area contributed by atoms with E-state index in [0.717, 1.165) is 37.4 Å². The molecule has 3 heterocycles. The lowest BCUT2D eigenvalue weighted by molar-refractivity contribution is -0.134. The van der Waals surface area contributed by atoms with Gasteiger partial charge in [-0.15, -0.1) is 0 Å². The summed E-state index contributed by atoms with van der Waals surface area (Å²) in [5, 5.41) is 3.35. The average molecular weight is 299 g/mol. The zero-order valence-electron chi connectivity index (χ0n) is 12.8. The van der Waals surface area contributed by atoms with Crippen LogP contribution in [0.5, 0.6) is 0 Å². The molecule has 1 fully saturated rings. The third-order valence-electron chi connectivity index (χ3n) is 4.10. The number of imidazole rings is 1. The van der Waals surface area contributed by atoms with Crippen LogP contribution in [0.2, 0.25) is 0 Å². The first kappa shape index (κ1) is 14.7. The van der Waals surface area contributed by atoms with Gasteiger partial charge in [0.25, 0.3) is 0 Å². The van der Waals surface area contributed by atoms with Crippen LogP contribution in [0.3, 0.4) is 0 Å². The fraction of sp³-hybridized carbons (Fsp3) is 0.438. The highest BCUT2D eigenvalue weighted by Gasteiger charge is 2.29. The van der Waals surface area contributed by atoms with Crippen molar-refractivity contribution in [1.29, 1.82) is 0 Å². The molecule has 3 rings (SSSR count). The van der Waals surface area contributed by atoms with Crippen molar-refractivity contribution >= 4 is 5.91 Å². The van der Waals surface area contributed by atoms with Gasteiger partial charge in [0.05, 0.1) is 0 Å². The first-order chi connectivity index (χ1) is 10.8. The van der Waals surface area contributed by atoms with Crippen LogP contribution in [-0.2, 0) is 18.3 Å². The molecule has 1 aliphatic heterocycles. The highest BCUT2D eigenvalue weighted by Crippen LogP contribution is 2.21. The maximum Gasteiger partial charge on any atom is 0.223 e. The number of aromatic nitrogens is 3. The van der Waals surface area contributed by atoms with Gasteiger partial charge in [-0.3, -0.25) is 9.78 Å². The van der Waals surface area contributed by atoms with Crippen LogP contribution >= 0.6 is 0 Å². The van der Waals surface area contributed by atoms with Crippen molar-refractivity contribution in [2.75, 3.05) is 19.6 Å². The SMILES string of the molecule is Cn1ccnc1C1CNCCN1C(=O)CCc1ccncc1. The smallest absolute Gasteiger partial charge is 0.223 e. The number of hydrogen-bond donors (Lipinski definition) is 1. The molecule has 0 radical (unpaired) electrons. The minimum Gasteiger partial charge on any atom is -0.336 e. The minimum atomic E-state index is 0.0127. The number of carbonyl (C=O) groups is 1. The summed E-state index contributed by atoms with van der Waals surface area (Å²) in [5.74, 6) is 1.12. The summed E-state index contributed by atoms with van der Waals surface area (Å²) in [6.45, 7) is 2.32. The van der Waals surface area contributed by atoms with Crippen molar-refractivity contribution < 1.29 is 4.79 Å². The molecule has 2 aromatic rings. The molecule has 6 nitrogen and oxygen atoms in total. The molecule has 0 bridgehead atoms. The van der Waals surface area contributed by atoms with E-state index in [0.29, 0.717) is 6.42 Å². The summed E-state index contributed by atoms with van der Waals surface area (Å²) < 4.78 is 1.99. The monoisotopic (exact) mass is 299 g/mol. The summed E-state index contributed by atoms with van der Waals surface area (Å²) in [5.41, 5.74) is 1.15. The van der Waals surface area contributed by atoms with Gasteiger partial charge in [-0.25, -0.2) is 4.98 Å². The van der Waals surface area contributed by atoms with Gasteiger partial charge in [-0.2, -0.15) is 0 Å². The third kappa shape index (κ3) is 3.17. The van der Waals surface area contributed by atoms with Gasteiger partial charge in [0.2, 0.25) is 5.91 Å².